The van der Waals surface area contributed by atoms with Crippen LogP contribution in [0.15, 0.2) is 12.1 Å². The van der Waals surface area contributed by atoms with Crippen LogP contribution < -0.4 is 0 Å². The van der Waals surface area contributed by atoms with Gasteiger partial charge in [0.25, 0.3) is 0 Å². The third-order valence-electron chi connectivity index (χ3n) is 2.83. The van der Waals surface area contributed by atoms with Gasteiger partial charge in [-0.05, 0) is 31.9 Å². The molecule has 0 saturated carbocycles. The lowest BCUT2D eigenvalue weighted by molar-refractivity contribution is -0.141. The van der Waals surface area contributed by atoms with Gasteiger partial charge in [-0.25, -0.2) is 4.98 Å². The fourth-order valence-corrected chi connectivity index (χ4v) is 1.97. The summed E-state index contributed by atoms with van der Waals surface area (Å²) >= 11 is 0. The molecule has 0 aromatic carbocycles. The number of ether oxygens (including phenoxy) is 1. The van der Waals surface area contributed by atoms with E-state index < -0.39 is 18.0 Å². The van der Waals surface area contributed by atoms with Crippen LogP contribution in [0.25, 0.3) is 0 Å². The number of carbonyl (C=O) groups is 1. The second-order valence-electron chi connectivity index (χ2n) is 4.18. The lowest BCUT2D eigenvalue weighted by Gasteiger charge is -2.15. The van der Waals surface area contributed by atoms with Crippen molar-refractivity contribution < 1.29 is 22.7 Å². The molecule has 98 valence electrons. The number of aromatic nitrogens is 1. The van der Waals surface area contributed by atoms with E-state index in [-0.39, 0.29) is 17.0 Å². The SMILES string of the molecule is CC(=O)c1ccc(C(F)(F)F)nc1C1CCCO1. The monoisotopic (exact) mass is 259 g/mol. The molecule has 0 spiro atoms. The lowest BCUT2D eigenvalue weighted by Crippen LogP contribution is -2.14. The normalized spacial score (nSPS) is 20.1. The minimum Gasteiger partial charge on any atom is -0.372 e. The van der Waals surface area contributed by atoms with E-state index >= 15 is 0 Å². The van der Waals surface area contributed by atoms with E-state index in [1.54, 1.807) is 0 Å². The molecule has 1 atom stereocenters. The van der Waals surface area contributed by atoms with E-state index in [0.717, 1.165) is 12.5 Å². The van der Waals surface area contributed by atoms with Crippen LogP contribution in [0, 0.1) is 0 Å². The highest BCUT2D eigenvalue weighted by Crippen LogP contribution is 2.33. The Morgan fingerprint density at radius 3 is 2.67 bits per heavy atom. The second kappa shape index (κ2) is 4.68. The molecule has 1 aliphatic rings. The summed E-state index contributed by atoms with van der Waals surface area (Å²) in [4.78, 5) is 15.0. The Bertz CT molecular complexity index is 465. The van der Waals surface area contributed by atoms with Crippen molar-refractivity contribution >= 4 is 5.78 Å². The molecule has 3 nitrogen and oxygen atoms in total. The van der Waals surface area contributed by atoms with Gasteiger partial charge in [0, 0.05) is 12.2 Å². The van der Waals surface area contributed by atoms with Gasteiger partial charge in [-0.3, -0.25) is 4.79 Å². The van der Waals surface area contributed by atoms with Gasteiger partial charge in [0.1, 0.15) is 11.8 Å². The zero-order chi connectivity index (χ0) is 13.3. The largest absolute Gasteiger partial charge is 0.433 e. The Labute approximate surface area is 102 Å². The zero-order valence-electron chi connectivity index (χ0n) is 9.75. The smallest absolute Gasteiger partial charge is 0.372 e. The highest BCUT2D eigenvalue weighted by Gasteiger charge is 2.34. The summed E-state index contributed by atoms with van der Waals surface area (Å²) < 4.78 is 43.1. The van der Waals surface area contributed by atoms with Crippen molar-refractivity contribution in [3.63, 3.8) is 0 Å². The van der Waals surface area contributed by atoms with Gasteiger partial charge >= 0.3 is 6.18 Å². The molecule has 2 rings (SSSR count). The molecule has 1 aromatic rings. The van der Waals surface area contributed by atoms with Crippen molar-refractivity contribution in [2.75, 3.05) is 6.61 Å². The summed E-state index contributed by atoms with van der Waals surface area (Å²) in [7, 11) is 0. The van der Waals surface area contributed by atoms with E-state index in [2.05, 4.69) is 4.98 Å². The van der Waals surface area contributed by atoms with Gasteiger partial charge < -0.3 is 4.74 Å². The van der Waals surface area contributed by atoms with Gasteiger partial charge in [-0.2, -0.15) is 13.2 Å². The number of alkyl halides is 3. The predicted octanol–water partition coefficient (Wildman–Crippen LogP) is 3.15. The van der Waals surface area contributed by atoms with Gasteiger partial charge in [0.2, 0.25) is 0 Å². The maximum absolute atomic E-state index is 12.6. The molecule has 0 bridgehead atoms. The van der Waals surface area contributed by atoms with E-state index in [0.29, 0.717) is 13.0 Å². The molecule has 6 heteroatoms. The molecule has 0 radical (unpaired) electrons. The highest BCUT2D eigenvalue weighted by atomic mass is 19.4. The van der Waals surface area contributed by atoms with Gasteiger partial charge in [-0.1, -0.05) is 0 Å². The molecule has 1 unspecified atom stereocenters. The molecular formula is C12H12F3NO2. The van der Waals surface area contributed by atoms with Crippen LogP contribution in [0.5, 0.6) is 0 Å². The van der Waals surface area contributed by atoms with E-state index in [1.807, 2.05) is 0 Å². The molecule has 1 saturated heterocycles. The molecular weight excluding hydrogens is 247 g/mol. The molecule has 0 amide bonds. The van der Waals surface area contributed by atoms with Crippen LogP contribution >= 0.6 is 0 Å². The number of rotatable bonds is 2. The Hall–Kier alpha value is -1.43. The topological polar surface area (TPSA) is 39.2 Å². The number of pyridine rings is 1. The Morgan fingerprint density at radius 1 is 1.44 bits per heavy atom. The second-order valence-corrected chi connectivity index (χ2v) is 4.18. The molecule has 1 fully saturated rings. The maximum atomic E-state index is 12.6. The number of ketones is 1. The first-order valence-electron chi connectivity index (χ1n) is 5.60. The third-order valence-corrected chi connectivity index (χ3v) is 2.83. The van der Waals surface area contributed by atoms with Crippen molar-refractivity contribution in [1.82, 2.24) is 4.98 Å². The summed E-state index contributed by atoms with van der Waals surface area (Å²) in [5, 5.41) is 0. The summed E-state index contributed by atoms with van der Waals surface area (Å²) in [6, 6.07) is 2.00. The minimum atomic E-state index is -4.51. The Kier molecular flexibility index (Phi) is 3.38. The summed E-state index contributed by atoms with van der Waals surface area (Å²) in [6.45, 7) is 1.79. The first kappa shape index (κ1) is 13.0. The van der Waals surface area contributed by atoms with Gasteiger partial charge in [0.05, 0.1) is 5.69 Å². The van der Waals surface area contributed by atoms with Crippen LogP contribution in [-0.2, 0) is 10.9 Å². The summed E-state index contributed by atoms with van der Waals surface area (Å²) in [5.74, 6) is -0.304. The number of nitrogens with zero attached hydrogens (tertiary/aromatic N) is 1. The standard InChI is InChI=1S/C12H12F3NO2/c1-7(17)8-4-5-10(12(13,14)15)16-11(8)9-3-2-6-18-9/h4-5,9H,2-3,6H2,1H3. The number of hydrogen-bond acceptors (Lipinski definition) is 3. The molecule has 1 aliphatic heterocycles. The summed E-state index contributed by atoms with van der Waals surface area (Å²) in [5.41, 5.74) is -0.678. The van der Waals surface area contributed by atoms with Gasteiger partial charge in [-0.15, -0.1) is 0 Å². The fourth-order valence-electron chi connectivity index (χ4n) is 1.97. The first-order valence-corrected chi connectivity index (χ1v) is 5.60. The van der Waals surface area contributed by atoms with E-state index in [9.17, 15) is 18.0 Å². The van der Waals surface area contributed by atoms with Gasteiger partial charge in [0.15, 0.2) is 5.78 Å². The quantitative estimate of drug-likeness (QED) is 0.766. The Balaban J connectivity index is 2.47. The van der Waals surface area contributed by atoms with Crippen molar-refractivity contribution in [2.45, 2.75) is 32.0 Å². The van der Waals surface area contributed by atoms with Crippen molar-refractivity contribution in [3.05, 3.63) is 29.1 Å². The van der Waals surface area contributed by atoms with Crippen LogP contribution in [0.1, 0.15) is 47.6 Å². The van der Waals surface area contributed by atoms with Crippen LogP contribution in [0.4, 0.5) is 13.2 Å². The minimum absolute atomic E-state index is 0.106. The number of halogens is 3. The van der Waals surface area contributed by atoms with Crippen molar-refractivity contribution in [2.24, 2.45) is 0 Å². The zero-order valence-corrected chi connectivity index (χ0v) is 9.75. The Morgan fingerprint density at radius 2 is 2.17 bits per heavy atom. The van der Waals surface area contributed by atoms with Crippen LogP contribution in [0.3, 0.4) is 0 Å². The summed E-state index contributed by atoms with van der Waals surface area (Å²) in [6.07, 6.45) is -3.66. The molecule has 0 N–H and O–H groups in total. The van der Waals surface area contributed by atoms with E-state index in [4.69, 9.17) is 4.74 Å². The van der Waals surface area contributed by atoms with Crippen molar-refractivity contribution in [3.8, 4) is 0 Å². The number of carbonyl (C=O) groups excluding carboxylic acids is 1. The average Bonchev–Trinajstić information content (AvgIpc) is 2.80. The predicted molar refractivity (Wildman–Crippen MR) is 57.2 cm³/mol. The maximum Gasteiger partial charge on any atom is 0.433 e. The molecule has 2 heterocycles. The number of hydrogen-bond donors (Lipinski definition) is 0. The van der Waals surface area contributed by atoms with Crippen LogP contribution in [0.2, 0.25) is 0 Å². The molecule has 18 heavy (non-hydrogen) atoms. The van der Waals surface area contributed by atoms with E-state index in [1.165, 1.54) is 13.0 Å². The molecule has 1 aromatic heterocycles. The average molecular weight is 259 g/mol. The third kappa shape index (κ3) is 2.53. The highest BCUT2D eigenvalue weighted by molar-refractivity contribution is 5.95. The lowest BCUT2D eigenvalue weighted by atomic mass is 10.0. The number of Topliss-reactive ketones (excluding diaryl/α,β-unsaturated/α-hetero) is 1. The first-order chi connectivity index (χ1) is 8.39. The fraction of sp³-hybridized carbons (Fsp3) is 0.500. The van der Waals surface area contributed by atoms with Crippen molar-refractivity contribution in [1.29, 1.82) is 0 Å². The van der Waals surface area contributed by atoms with Crippen LogP contribution in [-0.4, -0.2) is 17.4 Å². The molecule has 0 aliphatic carbocycles.